The van der Waals surface area contributed by atoms with Crippen LogP contribution >= 0.6 is 0 Å². The quantitative estimate of drug-likeness (QED) is 0.487. The van der Waals surface area contributed by atoms with Crippen LogP contribution in [0.1, 0.15) is 40.1 Å². The Bertz CT molecular complexity index is 992. The predicted octanol–water partition coefficient (Wildman–Crippen LogP) is 3.43. The number of benzene rings is 2. The van der Waals surface area contributed by atoms with Crippen LogP contribution in [-0.4, -0.2) is 40.7 Å². The lowest BCUT2D eigenvalue weighted by Crippen LogP contribution is -2.29. The standard InChI is InChI=1S/C24H27N3O4/c1-3-30-14-13-25-24(29)22-23(31-16-19-7-5-4-6-8-19)17(2)26-21(27-22)15-18-9-11-20(28)12-10-18/h4-12,28H,3,13-16H2,1-2H3,(H,25,29). The number of carbonyl (C=O) groups excluding carboxylic acids is 1. The molecule has 3 rings (SSSR count). The van der Waals surface area contributed by atoms with E-state index in [1.54, 1.807) is 31.2 Å². The highest BCUT2D eigenvalue weighted by atomic mass is 16.5. The van der Waals surface area contributed by atoms with Crippen molar-refractivity contribution in [3.05, 3.63) is 82.9 Å². The highest BCUT2D eigenvalue weighted by Crippen LogP contribution is 2.23. The first-order chi connectivity index (χ1) is 15.1. The van der Waals surface area contributed by atoms with Gasteiger partial charge in [-0.05, 0) is 37.1 Å². The van der Waals surface area contributed by atoms with Crippen molar-refractivity contribution in [3.63, 3.8) is 0 Å². The molecule has 0 aliphatic carbocycles. The lowest BCUT2D eigenvalue weighted by Gasteiger charge is -2.15. The van der Waals surface area contributed by atoms with Crippen molar-refractivity contribution in [2.75, 3.05) is 19.8 Å². The first kappa shape index (κ1) is 22.2. The lowest BCUT2D eigenvalue weighted by molar-refractivity contribution is 0.0912. The first-order valence-electron chi connectivity index (χ1n) is 10.2. The summed E-state index contributed by atoms with van der Waals surface area (Å²) in [4.78, 5) is 21.9. The van der Waals surface area contributed by atoms with Crippen LogP contribution in [0, 0.1) is 6.92 Å². The number of phenols is 1. The van der Waals surface area contributed by atoms with Crippen molar-refractivity contribution < 1.29 is 19.4 Å². The van der Waals surface area contributed by atoms with Crippen molar-refractivity contribution in [1.82, 2.24) is 15.3 Å². The first-order valence-corrected chi connectivity index (χ1v) is 10.2. The van der Waals surface area contributed by atoms with Crippen LogP contribution in [-0.2, 0) is 17.8 Å². The number of hydrogen-bond acceptors (Lipinski definition) is 6. The molecule has 31 heavy (non-hydrogen) atoms. The zero-order chi connectivity index (χ0) is 22.1. The molecular formula is C24H27N3O4. The number of carbonyl (C=O) groups is 1. The van der Waals surface area contributed by atoms with Crippen molar-refractivity contribution in [1.29, 1.82) is 0 Å². The highest BCUT2D eigenvalue weighted by Gasteiger charge is 2.20. The van der Waals surface area contributed by atoms with Crippen molar-refractivity contribution >= 4 is 5.91 Å². The number of aromatic hydroxyl groups is 1. The molecule has 0 aliphatic heterocycles. The summed E-state index contributed by atoms with van der Waals surface area (Å²) in [6.07, 6.45) is 0.430. The van der Waals surface area contributed by atoms with E-state index < -0.39 is 0 Å². The van der Waals surface area contributed by atoms with Crippen molar-refractivity contribution in [2.45, 2.75) is 26.9 Å². The molecule has 1 aromatic heterocycles. The van der Waals surface area contributed by atoms with E-state index in [9.17, 15) is 9.90 Å². The second-order valence-electron chi connectivity index (χ2n) is 6.97. The normalized spacial score (nSPS) is 10.6. The molecule has 0 saturated heterocycles. The molecule has 2 N–H and O–H groups in total. The van der Waals surface area contributed by atoms with Gasteiger partial charge in [-0.2, -0.15) is 0 Å². The van der Waals surface area contributed by atoms with Gasteiger partial charge in [-0.1, -0.05) is 42.5 Å². The van der Waals surface area contributed by atoms with Gasteiger partial charge >= 0.3 is 0 Å². The average molecular weight is 421 g/mol. The van der Waals surface area contributed by atoms with Crippen LogP contribution in [0.15, 0.2) is 54.6 Å². The monoisotopic (exact) mass is 421 g/mol. The van der Waals surface area contributed by atoms with Gasteiger partial charge < -0.3 is 19.9 Å². The Morgan fingerprint density at radius 1 is 1.03 bits per heavy atom. The summed E-state index contributed by atoms with van der Waals surface area (Å²) < 4.78 is 11.3. The number of phenolic OH excluding ortho intramolecular Hbond substituents is 1. The molecule has 0 saturated carbocycles. The van der Waals surface area contributed by atoms with E-state index in [-0.39, 0.29) is 17.4 Å². The van der Waals surface area contributed by atoms with Gasteiger partial charge in [-0.3, -0.25) is 4.79 Å². The third-order valence-corrected chi connectivity index (χ3v) is 4.56. The molecule has 0 bridgehead atoms. The Balaban J connectivity index is 1.84. The molecule has 1 amide bonds. The van der Waals surface area contributed by atoms with E-state index >= 15 is 0 Å². The topological polar surface area (TPSA) is 93.6 Å². The SMILES string of the molecule is CCOCCNC(=O)c1nc(Cc2ccc(O)cc2)nc(C)c1OCc1ccccc1. The van der Waals surface area contributed by atoms with Gasteiger partial charge in [0.1, 0.15) is 18.2 Å². The van der Waals surface area contributed by atoms with E-state index in [0.717, 1.165) is 11.1 Å². The average Bonchev–Trinajstić information content (AvgIpc) is 2.78. The summed E-state index contributed by atoms with van der Waals surface area (Å²) in [6, 6.07) is 16.5. The molecule has 162 valence electrons. The molecule has 0 unspecified atom stereocenters. The maximum absolute atomic E-state index is 12.9. The maximum Gasteiger partial charge on any atom is 0.273 e. The molecule has 0 radical (unpaired) electrons. The van der Waals surface area contributed by atoms with Crippen LogP contribution < -0.4 is 10.1 Å². The van der Waals surface area contributed by atoms with Crippen molar-refractivity contribution in [3.8, 4) is 11.5 Å². The van der Waals surface area contributed by atoms with Gasteiger partial charge in [-0.15, -0.1) is 0 Å². The molecule has 0 fully saturated rings. The molecule has 0 atom stereocenters. The Kier molecular flexibility index (Phi) is 7.95. The van der Waals surface area contributed by atoms with Gasteiger partial charge in [0.25, 0.3) is 5.91 Å². The lowest BCUT2D eigenvalue weighted by atomic mass is 10.1. The fraction of sp³-hybridized carbons (Fsp3) is 0.292. The second kappa shape index (κ2) is 11.1. The fourth-order valence-electron chi connectivity index (χ4n) is 3.02. The van der Waals surface area contributed by atoms with E-state index in [1.807, 2.05) is 37.3 Å². The third-order valence-electron chi connectivity index (χ3n) is 4.56. The fourth-order valence-corrected chi connectivity index (χ4v) is 3.02. The molecule has 0 aliphatic rings. The smallest absolute Gasteiger partial charge is 0.273 e. The molecular weight excluding hydrogens is 394 g/mol. The summed E-state index contributed by atoms with van der Waals surface area (Å²) in [5.41, 5.74) is 2.71. The number of rotatable bonds is 10. The molecule has 7 nitrogen and oxygen atoms in total. The van der Waals surface area contributed by atoms with E-state index in [0.29, 0.717) is 50.1 Å². The van der Waals surface area contributed by atoms with Gasteiger partial charge in [0, 0.05) is 19.6 Å². The Morgan fingerprint density at radius 3 is 2.48 bits per heavy atom. The Labute approximate surface area is 182 Å². The largest absolute Gasteiger partial charge is 0.508 e. The summed E-state index contributed by atoms with van der Waals surface area (Å²) in [5, 5.41) is 12.3. The van der Waals surface area contributed by atoms with Gasteiger partial charge in [-0.25, -0.2) is 9.97 Å². The minimum absolute atomic E-state index is 0.194. The van der Waals surface area contributed by atoms with E-state index in [4.69, 9.17) is 9.47 Å². The minimum Gasteiger partial charge on any atom is -0.508 e. The summed E-state index contributed by atoms with van der Waals surface area (Å²) in [6.45, 7) is 5.40. The van der Waals surface area contributed by atoms with Crippen LogP contribution in [0.4, 0.5) is 0 Å². The molecule has 3 aromatic rings. The molecule has 1 heterocycles. The minimum atomic E-state index is -0.333. The van der Waals surface area contributed by atoms with Crippen molar-refractivity contribution in [2.24, 2.45) is 0 Å². The van der Waals surface area contributed by atoms with Gasteiger partial charge in [0.2, 0.25) is 0 Å². The number of amides is 1. The predicted molar refractivity (Wildman–Crippen MR) is 117 cm³/mol. The summed E-state index contributed by atoms with van der Waals surface area (Å²) in [5.74, 6) is 0.734. The van der Waals surface area contributed by atoms with E-state index in [2.05, 4.69) is 15.3 Å². The Morgan fingerprint density at radius 2 is 1.77 bits per heavy atom. The van der Waals surface area contributed by atoms with Crippen LogP contribution in [0.2, 0.25) is 0 Å². The summed E-state index contributed by atoms with van der Waals surface area (Å²) in [7, 11) is 0. The number of hydrogen-bond donors (Lipinski definition) is 2. The number of nitrogens with zero attached hydrogens (tertiary/aromatic N) is 2. The molecule has 7 heteroatoms. The van der Waals surface area contributed by atoms with Crippen LogP contribution in [0.25, 0.3) is 0 Å². The van der Waals surface area contributed by atoms with Gasteiger partial charge in [0.05, 0.1) is 12.3 Å². The Hall–Kier alpha value is -3.45. The second-order valence-corrected chi connectivity index (χ2v) is 6.97. The third kappa shape index (κ3) is 6.52. The number of nitrogens with one attached hydrogen (secondary N) is 1. The van der Waals surface area contributed by atoms with E-state index in [1.165, 1.54) is 0 Å². The number of ether oxygens (including phenoxy) is 2. The zero-order valence-electron chi connectivity index (χ0n) is 17.8. The maximum atomic E-state index is 12.9. The molecule has 2 aromatic carbocycles. The van der Waals surface area contributed by atoms with Crippen LogP contribution in [0.5, 0.6) is 11.5 Å². The molecule has 0 spiro atoms. The summed E-state index contributed by atoms with van der Waals surface area (Å²) >= 11 is 0. The number of aromatic nitrogens is 2. The van der Waals surface area contributed by atoms with Crippen LogP contribution in [0.3, 0.4) is 0 Å². The number of aryl methyl sites for hydroxylation is 1. The zero-order valence-corrected chi connectivity index (χ0v) is 17.8. The van der Waals surface area contributed by atoms with Gasteiger partial charge in [0.15, 0.2) is 11.4 Å². The highest BCUT2D eigenvalue weighted by molar-refractivity contribution is 5.95.